The minimum absolute atomic E-state index is 0.0332. The van der Waals surface area contributed by atoms with Gasteiger partial charge in [-0.1, -0.05) is 32.4 Å². The zero-order chi connectivity index (χ0) is 33.8. The number of ether oxygens (including phenoxy) is 2. The van der Waals surface area contributed by atoms with Crippen LogP contribution in [0.3, 0.4) is 0 Å². The van der Waals surface area contributed by atoms with Crippen molar-refractivity contribution >= 4 is 59.2 Å². The molecule has 0 radical (unpaired) electrons. The van der Waals surface area contributed by atoms with Crippen LogP contribution in [-0.4, -0.2) is 74.3 Å². The van der Waals surface area contributed by atoms with Crippen LogP contribution in [0.1, 0.15) is 76.5 Å². The van der Waals surface area contributed by atoms with E-state index in [2.05, 4.69) is 56.7 Å². The third-order valence-corrected chi connectivity index (χ3v) is 15.5. The number of rotatable bonds is 6. The van der Waals surface area contributed by atoms with Crippen LogP contribution in [0.15, 0.2) is 30.5 Å². The lowest BCUT2D eigenvalue weighted by Gasteiger charge is -2.42. The molecule has 2 atom stereocenters. The zero-order valence-corrected chi connectivity index (χ0v) is 31.4. The van der Waals surface area contributed by atoms with E-state index in [1.54, 1.807) is 12.3 Å². The zero-order valence-electron chi connectivity index (χ0n) is 28.9. The Hall–Kier alpha value is -2.66. The van der Waals surface area contributed by atoms with Crippen molar-refractivity contribution in [1.82, 2.24) is 9.88 Å². The van der Waals surface area contributed by atoms with Gasteiger partial charge in [0.25, 0.3) is 0 Å². The first-order chi connectivity index (χ1) is 21.3. The van der Waals surface area contributed by atoms with E-state index in [0.717, 1.165) is 52.8 Å². The maximum atomic E-state index is 13.8. The Bertz CT molecular complexity index is 1650. The minimum Gasteiger partial charge on any atom is -0.465 e. The van der Waals surface area contributed by atoms with Gasteiger partial charge in [-0.2, -0.15) is 0 Å². The van der Waals surface area contributed by atoms with Crippen LogP contribution < -0.4 is 4.90 Å². The first-order valence-corrected chi connectivity index (χ1v) is 20.1. The topological polar surface area (TPSA) is 81.2 Å². The molecule has 0 aliphatic carbocycles. The predicted octanol–water partition coefficient (Wildman–Crippen LogP) is 8.95. The highest BCUT2D eigenvalue weighted by Gasteiger charge is 2.50. The Morgan fingerprint density at radius 2 is 1.85 bits per heavy atom. The number of likely N-dealkylation sites (tertiary alicyclic amines) is 1. The van der Waals surface area contributed by atoms with Crippen LogP contribution in [0.5, 0.6) is 0 Å². The second-order valence-corrected chi connectivity index (χ2v) is 21.7. The SMILES string of the molecule is COC(=O)c1cc2nccc(-c3cc(Cl)cc4c3N([C@H]3CN(C(=O)OC(C)(C)C)[C@@](C)(CO[Si](C)(C)C(C)(C)C)C3)CCC4)c2s1. The van der Waals surface area contributed by atoms with E-state index < -0.39 is 19.5 Å². The molecular formula is C35H48ClN3O5SSi. The highest BCUT2D eigenvalue weighted by Crippen LogP contribution is 2.47. The quantitative estimate of drug-likeness (QED) is 0.189. The van der Waals surface area contributed by atoms with Gasteiger partial charge in [-0.05, 0) is 94.9 Å². The normalized spacial score (nSPS) is 20.6. The number of pyridine rings is 1. The van der Waals surface area contributed by atoms with Gasteiger partial charge in [-0.25, -0.2) is 9.59 Å². The lowest BCUT2D eigenvalue weighted by Crippen LogP contribution is -2.53. The van der Waals surface area contributed by atoms with Crippen LogP contribution in [0.4, 0.5) is 10.5 Å². The number of amides is 1. The molecule has 2 aromatic heterocycles. The fourth-order valence-corrected chi connectivity index (χ4v) is 8.69. The Morgan fingerprint density at radius 1 is 1.13 bits per heavy atom. The summed E-state index contributed by atoms with van der Waals surface area (Å²) in [6, 6.07) is 7.90. The molecule has 2 aliphatic rings. The molecule has 46 heavy (non-hydrogen) atoms. The molecule has 5 rings (SSSR count). The summed E-state index contributed by atoms with van der Waals surface area (Å²) >= 11 is 8.15. The third kappa shape index (κ3) is 6.82. The van der Waals surface area contributed by atoms with Crippen molar-refractivity contribution in [1.29, 1.82) is 0 Å². The van der Waals surface area contributed by atoms with Gasteiger partial charge in [0.15, 0.2) is 8.32 Å². The number of fused-ring (bicyclic) bond motifs is 2. The summed E-state index contributed by atoms with van der Waals surface area (Å²) in [5.74, 6) is -0.379. The smallest absolute Gasteiger partial charge is 0.410 e. The largest absolute Gasteiger partial charge is 0.465 e. The number of methoxy groups -OCH3 is 1. The van der Waals surface area contributed by atoms with Crippen molar-refractivity contribution in [2.24, 2.45) is 0 Å². The van der Waals surface area contributed by atoms with E-state index in [1.165, 1.54) is 24.0 Å². The number of hydrogen-bond donors (Lipinski definition) is 0. The molecule has 250 valence electrons. The summed E-state index contributed by atoms with van der Waals surface area (Å²) < 4.78 is 18.7. The predicted molar refractivity (Wildman–Crippen MR) is 190 cm³/mol. The summed E-state index contributed by atoms with van der Waals surface area (Å²) in [7, 11) is -0.701. The second-order valence-electron chi connectivity index (χ2n) is 15.4. The number of anilines is 1. The molecule has 3 aromatic rings. The number of thiophene rings is 1. The molecule has 11 heteroatoms. The number of carbonyl (C=O) groups is 2. The summed E-state index contributed by atoms with van der Waals surface area (Å²) in [5.41, 5.74) is 3.85. The number of hydrogen-bond acceptors (Lipinski definition) is 8. The number of nitrogens with zero attached hydrogens (tertiary/aromatic N) is 3. The lowest BCUT2D eigenvalue weighted by atomic mass is 9.91. The van der Waals surface area contributed by atoms with Crippen molar-refractivity contribution in [3.63, 3.8) is 0 Å². The summed E-state index contributed by atoms with van der Waals surface area (Å²) in [5, 5.41) is 0.712. The summed E-state index contributed by atoms with van der Waals surface area (Å²) in [4.78, 5) is 35.7. The van der Waals surface area contributed by atoms with Crippen LogP contribution in [-0.2, 0) is 20.3 Å². The molecule has 1 aromatic carbocycles. The third-order valence-electron chi connectivity index (χ3n) is 9.70. The summed E-state index contributed by atoms with van der Waals surface area (Å²) in [6.45, 7) is 20.9. The monoisotopic (exact) mass is 685 g/mol. The van der Waals surface area contributed by atoms with E-state index in [4.69, 9.17) is 25.5 Å². The number of halogens is 1. The molecule has 8 nitrogen and oxygen atoms in total. The maximum absolute atomic E-state index is 13.8. The Balaban J connectivity index is 1.57. The molecule has 0 unspecified atom stereocenters. The molecule has 1 amide bonds. The van der Waals surface area contributed by atoms with Crippen molar-refractivity contribution in [2.75, 3.05) is 31.7 Å². The number of carbonyl (C=O) groups excluding carboxylic acids is 2. The Labute approximate surface area is 283 Å². The van der Waals surface area contributed by atoms with Crippen molar-refractivity contribution in [2.45, 2.75) is 103 Å². The standard InChI is InChI=1S/C35H48ClN3O5SSi/c1-33(2,3)44-32(41)39-20-24(19-35(39,7)21-43-46(9,10)34(4,5)6)38-15-11-12-22-16-23(36)17-26(29(22)38)25-13-14-37-27-18-28(31(40)42-8)45-30(25)27/h13-14,16-18,24H,11-12,15,19-21H2,1-10H3/t24-,35-/m1/s1. The molecule has 1 saturated heterocycles. The highest BCUT2D eigenvalue weighted by atomic mass is 35.5. The molecule has 2 aliphatic heterocycles. The first-order valence-electron chi connectivity index (χ1n) is 16.0. The van der Waals surface area contributed by atoms with Gasteiger partial charge in [-0.3, -0.25) is 9.88 Å². The van der Waals surface area contributed by atoms with Gasteiger partial charge in [0.2, 0.25) is 0 Å². The number of aryl methyl sites for hydroxylation is 1. The first kappa shape index (κ1) is 34.7. The van der Waals surface area contributed by atoms with Crippen LogP contribution >= 0.6 is 22.9 Å². The Morgan fingerprint density at radius 3 is 2.50 bits per heavy atom. The highest BCUT2D eigenvalue weighted by molar-refractivity contribution is 7.21. The van der Waals surface area contributed by atoms with Gasteiger partial charge >= 0.3 is 12.1 Å². The molecular weight excluding hydrogens is 638 g/mol. The van der Waals surface area contributed by atoms with Crippen LogP contribution in [0, 0.1) is 0 Å². The van der Waals surface area contributed by atoms with E-state index in [-0.39, 0.29) is 23.1 Å². The fourth-order valence-electron chi connectivity index (χ4n) is 6.28. The van der Waals surface area contributed by atoms with E-state index in [1.807, 2.05) is 37.8 Å². The molecule has 0 N–H and O–H groups in total. The lowest BCUT2D eigenvalue weighted by molar-refractivity contribution is 0.00114. The van der Waals surface area contributed by atoms with Gasteiger partial charge in [-0.15, -0.1) is 11.3 Å². The Kier molecular flexibility index (Phi) is 9.36. The average Bonchev–Trinajstić information content (AvgIpc) is 3.55. The van der Waals surface area contributed by atoms with Crippen molar-refractivity contribution < 1.29 is 23.5 Å². The average molecular weight is 686 g/mol. The van der Waals surface area contributed by atoms with Gasteiger partial charge in [0, 0.05) is 47.2 Å². The molecule has 0 bridgehead atoms. The van der Waals surface area contributed by atoms with E-state index in [0.29, 0.717) is 23.1 Å². The maximum Gasteiger partial charge on any atom is 0.410 e. The van der Waals surface area contributed by atoms with Gasteiger partial charge in [0.05, 0.1) is 29.5 Å². The molecule has 4 heterocycles. The van der Waals surface area contributed by atoms with Crippen LogP contribution in [0.2, 0.25) is 23.2 Å². The van der Waals surface area contributed by atoms with Crippen LogP contribution in [0.25, 0.3) is 21.3 Å². The minimum atomic E-state index is -2.09. The van der Waals surface area contributed by atoms with E-state index in [9.17, 15) is 9.59 Å². The van der Waals surface area contributed by atoms with Gasteiger partial charge in [0.1, 0.15) is 10.5 Å². The number of aromatic nitrogens is 1. The second kappa shape index (κ2) is 12.4. The van der Waals surface area contributed by atoms with Crippen molar-refractivity contribution in [3.8, 4) is 11.1 Å². The number of esters is 1. The van der Waals surface area contributed by atoms with Gasteiger partial charge < -0.3 is 18.8 Å². The van der Waals surface area contributed by atoms with E-state index >= 15 is 0 Å². The summed E-state index contributed by atoms with van der Waals surface area (Å²) in [6.07, 6.45) is 4.08. The fraction of sp³-hybridized carbons (Fsp3) is 0.571. The molecule has 1 fully saturated rings. The molecule has 0 saturated carbocycles. The number of benzene rings is 1. The molecule has 0 spiro atoms. The van der Waals surface area contributed by atoms with Crippen molar-refractivity contribution in [3.05, 3.63) is 45.9 Å².